The third-order valence-corrected chi connectivity index (χ3v) is 4.01. The first-order valence-electron chi connectivity index (χ1n) is 6.67. The van der Waals surface area contributed by atoms with Gasteiger partial charge in [0.1, 0.15) is 0 Å². The van der Waals surface area contributed by atoms with Crippen molar-refractivity contribution in [1.29, 1.82) is 0 Å². The van der Waals surface area contributed by atoms with E-state index in [-0.39, 0.29) is 11.9 Å². The molecule has 106 valence electrons. The summed E-state index contributed by atoms with van der Waals surface area (Å²) in [5, 5.41) is 3.76. The highest BCUT2D eigenvalue weighted by Gasteiger charge is 2.30. The summed E-state index contributed by atoms with van der Waals surface area (Å²) in [5.41, 5.74) is 6.24. The topological polar surface area (TPSA) is 55.1 Å². The second-order valence-electron chi connectivity index (χ2n) is 5.29. The van der Waals surface area contributed by atoms with E-state index in [1.54, 1.807) is 0 Å². The second kappa shape index (κ2) is 6.92. The number of halogens is 1. The number of hydrogen-bond donors (Lipinski definition) is 2. The number of amides is 1. The summed E-state index contributed by atoms with van der Waals surface area (Å²) in [6.07, 6.45) is 1.45. The quantitative estimate of drug-likeness (QED) is 0.843. The Morgan fingerprint density at radius 3 is 2.63 bits per heavy atom. The fraction of sp³-hybridized carbons (Fsp3) is 0.533. The molecule has 0 bridgehead atoms. The summed E-state index contributed by atoms with van der Waals surface area (Å²) in [4.78, 5) is 12.2. The van der Waals surface area contributed by atoms with E-state index in [0.717, 1.165) is 23.4 Å². The van der Waals surface area contributed by atoms with Crippen molar-refractivity contribution in [2.75, 3.05) is 6.54 Å². The molecule has 0 aliphatic carbocycles. The zero-order chi connectivity index (χ0) is 14.5. The third-order valence-electron chi connectivity index (χ3n) is 3.64. The lowest BCUT2D eigenvalue weighted by molar-refractivity contribution is -0.130. The number of nitrogens with two attached hydrogens (primary N) is 1. The molecular formula is C15H23ClN2O. The largest absolute Gasteiger partial charge is 0.353 e. The van der Waals surface area contributed by atoms with Gasteiger partial charge in [-0.2, -0.15) is 0 Å². The van der Waals surface area contributed by atoms with Gasteiger partial charge in [-0.05, 0) is 38.3 Å². The number of benzene rings is 1. The van der Waals surface area contributed by atoms with E-state index in [0.29, 0.717) is 6.54 Å². The Bertz CT molecular complexity index is 430. The van der Waals surface area contributed by atoms with Crippen LogP contribution in [0.4, 0.5) is 0 Å². The molecule has 0 aliphatic rings. The predicted octanol–water partition coefficient (Wildman–Crippen LogP) is 2.76. The van der Waals surface area contributed by atoms with Crippen LogP contribution in [-0.2, 0) is 11.2 Å². The van der Waals surface area contributed by atoms with Crippen LogP contribution in [0.1, 0.15) is 32.8 Å². The van der Waals surface area contributed by atoms with Crippen LogP contribution in [0.2, 0.25) is 5.02 Å². The van der Waals surface area contributed by atoms with Crippen molar-refractivity contribution in [2.45, 2.75) is 39.7 Å². The van der Waals surface area contributed by atoms with Gasteiger partial charge in [-0.1, -0.05) is 36.7 Å². The van der Waals surface area contributed by atoms with Crippen LogP contribution in [-0.4, -0.2) is 18.5 Å². The Kier molecular flexibility index (Phi) is 5.83. The highest BCUT2D eigenvalue weighted by atomic mass is 35.5. The number of nitrogens with one attached hydrogen (secondary N) is 1. The molecule has 1 aromatic rings. The summed E-state index contributed by atoms with van der Waals surface area (Å²) in [5.74, 6) is 0.0112. The lowest BCUT2D eigenvalue weighted by Gasteiger charge is -2.27. The van der Waals surface area contributed by atoms with E-state index < -0.39 is 5.41 Å². The zero-order valence-electron chi connectivity index (χ0n) is 11.9. The van der Waals surface area contributed by atoms with Crippen LogP contribution >= 0.6 is 11.6 Å². The molecule has 0 heterocycles. The lowest BCUT2D eigenvalue weighted by Crippen LogP contribution is -2.47. The highest BCUT2D eigenvalue weighted by Crippen LogP contribution is 2.20. The zero-order valence-corrected chi connectivity index (χ0v) is 12.6. The molecule has 3 N–H and O–H groups in total. The molecule has 3 nitrogen and oxygen atoms in total. The Morgan fingerprint density at radius 2 is 2.11 bits per heavy atom. The fourth-order valence-electron chi connectivity index (χ4n) is 1.84. The summed E-state index contributed by atoms with van der Waals surface area (Å²) in [6, 6.07) is 7.72. The number of hydrogen-bond acceptors (Lipinski definition) is 2. The van der Waals surface area contributed by atoms with E-state index in [1.165, 1.54) is 0 Å². The lowest BCUT2D eigenvalue weighted by atomic mass is 9.86. The Labute approximate surface area is 120 Å². The fourth-order valence-corrected chi connectivity index (χ4v) is 2.05. The smallest absolute Gasteiger partial charge is 0.227 e. The van der Waals surface area contributed by atoms with E-state index in [4.69, 9.17) is 17.3 Å². The van der Waals surface area contributed by atoms with Crippen molar-refractivity contribution in [3.63, 3.8) is 0 Å². The third kappa shape index (κ3) is 4.22. The Hall–Kier alpha value is -1.06. The van der Waals surface area contributed by atoms with Crippen LogP contribution in [0, 0.1) is 5.41 Å². The molecule has 0 aliphatic heterocycles. The van der Waals surface area contributed by atoms with Crippen molar-refractivity contribution in [3.8, 4) is 0 Å². The molecule has 1 amide bonds. The Morgan fingerprint density at radius 1 is 1.47 bits per heavy atom. The standard InChI is InChI=1S/C15H23ClN2O/c1-4-15(3,10-17)14(19)18-11(2)9-12-7-5-6-8-13(12)16/h5-8,11H,4,9-10,17H2,1-3H3,(H,18,19). The molecule has 0 saturated carbocycles. The number of carbonyl (C=O) groups is 1. The van der Waals surface area contributed by atoms with Gasteiger partial charge < -0.3 is 11.1 Å². The van der Waals surface area contributed by atoms with Gasteiger partial charge in [0, 0.05) is 17.6 Å². The van der Waals surface area contributed by atoms with Crippen LogP contribution in [0.15, 0.2) is 24.3 Å². The number of carbonyl (C=O) groups excluding carboxylic acids is 1. The van der Waals surface area contributed by atoms with Gasteiger partial charge in [-0.25, -0.2) is 0 Å². The minimum absolute atomic E-state index is 0.0112. The molecule has 0 saturated heterocycles. The van der Waals surface area contributed by atoms with E-state index in [2.05, 4.69) is 5.32 Å². The number of rotatable bonds is 6. The van der Waals surface area contributed by atoms with Gasteiger partial charge in [-0.15, -0.1) is 0 Å². The maximum Gasteiger partial charge on any atom is 0.227 e. The Balaban J connectivity index is 2.63. The second-order valence-corrected chi connectivity index (χ2v) is 5.70. The summed E-state index contributed by atoms with van der Waals surface area (Å²) in [7, 11) is 0. The highest BCUT2D eigenvalue weighted by molar-refractivity contribution is 6.31. The monoisotopic (exact) mass is 282 g/mol. The van der Waals surface area contributed by atoms with Crippen molar-refractivity contribution in [2.24, 2.45) is 11.1 Å². The van der Waals surface area contributed by atoms with Crippen molar-refractivity contribution in [3.05, 3.63) is 34.9 Å². The first-order valence-corrected chi connectivity index (χ1v) is 7.05. The van der Waals surface area contributed by atoms with Gasteiger partial charge in [0.15, 0.2) is 0 Å². The van der Waals surface area contributed by atoms with Gasteiger partial charge in [-0.3, -0.25) is 4.79 Å². The van der Waals surface area contributed by atoms with Crippen molar-refractivity contribution < 1.29 is 4.79 Å². The average Bonchev–Trinajstić information content (AvgIpc) is 2.40. The molecule has 2 atom stereocenters. The van der Waals surface area contributed by atoms with Crippen LogP contribution in [0.5, 0.6) is 0 Å². The SMILES string of the molecule is CCC(C)(CN)C(=O)NC(C)Cc1ccccc1Cl. The summed E-state index contributed by atoms with van der Waals surface area (Å²) < 4.78 is 0. The van der Waals surface area contributed by atoms with Crippen LogP contribution in [0.25, 0.3) is 0 Å². The summed E-state index contributed by atoms with van der Waals surface area (Å²) in [6.45, 7) is 6.21. The van der Waals surface area contributed by atoms with E-state index >= 15 is 0 Å². The minimum atomic E-state index is -0.491. The molecule has 0 radical (unpaired) electrons. The van der Waals surface area contributed by atoms with Crippen LogP contribution in [0.3, 0.4) is 0 Å². The van der Waals surface area contributed by atoms with Crippen LogP contribution < -0.4 is 11.1 Å². The maximum atomic E-state index is 12.2. The first kappa shape index (κ1) is 16.0. The molecule has 1 aromatic carbocycles. The predicted molar refractivity (Wildman–Crippen MR) is 80.2 cm³/mol. The van der Waals surface area contributed by atoms with Gasteiger partial charge in [0.05, 0.1) is 5.41 Å². The average molecular weight is 283 g/mol. The van der Waals surface area contributed by atoms with E-state index in [9.17, 15) is 4.79 Å². The first-order chi connectivity index (χ1) is 8.92. The van der Waals surface area contributed by atoms with Gasteiger partial charge in [0.25, 0.3) is 0 Å². The molecule has 1 rings (SSSR count). The molecule has 0 aromatic heterocycles. The maximum absolute atomic E-state index is 12.2. The van der Waals surface area contributed by atoms with Gasteiger partial charge in [0.2, 0.25) is 5.91 Å². The molecule has 0 spiro atoms. The van der Waals surface area contributed by atoms with E-state index in [1.807, 2.05) is 45.0 Å². The van der Waals surface area contributed by atoms with Crippen molar-refractivity contribution >= 4 is 17.5 Å². The van der Waals surface area contributed by atoms with Gasteiger partial charge >= 0.3 is 0 Å². The minimum Gasteiger partial charge on any atom is -0.353 e. The molecule has 19 heavy (non-hydrogen) atoms. The molecular weight excluding hydrogens is 260 g/mol. The molecule has 2 unspecified atom stereocenters. The normalized spacial score (nSPS) is 15.6. The molecule has 4 heteroatoms. The van der Waals surface area contributed by atoms with Crippen molar-refractivity contribution in [1.82, 2.24) is 5.32 Å². The summed E-state index contributed by atoms with van der Waals surface area (Å²) >= 11 is 6.12. The molecule has 0 fully saturated rings.